The van der Waals surface area contributed by atoms with Gasteiger partial charge in [0.1, 0.15) is 23.4 Å². The van der Waals surface area contributed by atoms with Gasteiger partial charge in [-0.05, 0) is 37.3 Å². The number of nitrogens with one attached hydrogen (secondary N) is 2. The van der Waals surface area contributed by atoms with Crippen LogP contribution in [0.2, 0.25) is 0 Å². The van der Waals surface area contributed by atoms with Crippen LogP contribution in [0.3, 0.4) is 0 Å². The zero-order valence-electron chi connectivity index (χ0n) is 14.4. The molecule has 0 radical (unpaired) electrons. The number of carbonyl (C=O) groups is 2. The first kappa shape index (κ1) is 18.6. The van der Waals surface area contributed by atoms with E-state index in [9.17, 15) is 18.4 Å². The number of nitrogens with zero attached hydrogens (tertiary/aromatic N) is 1. The van der Waals surface area contributed by atoms with Crippen LogP contribution < -0.4 is 10.6 Å². The Morgan fingerprint density at radius 2 is 2.15 bits per heavy atom. The highest BCUT2D eigenvalue weighted by molar-refractivity contribution is 6.04. The first-order valence-electron chi connectivity index (χ1n) is 8.22. The van der Waals surface area contributed by atoms with Crippen LogP contribution in [0, 0.1) is 11.6 Å². The second-order valence-corrected chi connectivity index (χ2v) is 5.99. The summed E-state index contributed by atoms with van der Waals surface area (Å²) in [5, 5.41) is 8.79. The zero-order valence-corrected chi connectivity index (χ0v) is 14.4. The van der Waals surface area contributed by atoms with Crippen molar-refractivity contribution in [1.29, 1.82) is 0 Å². The molecule has 2 atom stereocenters. The van der Waals surface area contributed by atoms with Crippen molar-refractivity contribution in [2.45, 2.75) is 32.0 Å². The number of rotatable bonds is 6. The molecule has 3 rings (SSSR count). The Balaban J connectivity index is 1.51. The highest BCUT2D eigenvalue weighted by atomic mass is 19.1. The van der Waals surface area contributed by atoms with Crippen molar-refractivity contribution in [1.82, 2.24) is 10.6 Å². The van der Waals surface area contributed by atoms with Crippen LogP contribution in [0.1, 0.15) is 24.7 Å². The quantitative estimate of drug-likeness (QED) is 0.804. The SMILES string of the molecule is C[C@@H](NC(=O)[C@@H]1CC(c2cc(F)ccc2F)=NO1)C(=O)NCc1ccco1. The van der Waals surface area contributed by atoms with Crippen LogP contribution in [-0.4, -0.2) is 29.7 Å². The number of oxime groups is 1. The zero-order chi connectivity index (χ0) is 19.4. The average molecular weight is 377 g/mol. The Morgan fingerprint density at radius 3 is 2.89 bits per heavy atom. The smallest absolute Gasteiger partial charge is 0.264 e. The van der Waals surface area contributed by atoms with Crippen molar-refractivity contribution < 1.29 is 27.6 Å². The minimum absolute atomic E-state index is 0.0348. The van der Waals surface area contributed by atoms with Gasteiger partial charge in [-0.1, -0.05) is 5.16 Å². The Labute approximate surface area is 153 Å². The topological polar surface area (TPSA) is 92.9 Å². The number of carbonyl (C=O) groups excluding carboxylic acids is 2. The fourth-order valence-electron chi connectivity index (χ4n) is 2.51. The molecular formula is C18H17F2N3O4. The molecule has 27 heavy (non-hydrogen) atoms. The average Bonchev–Trinajstić information content (AvgIpc) is 3.33. The second kappa shape index (κ2) is 7.98. The third kappa shape index (κ3) is 4.49. The second-order valence-electron chi connectivity index (χ2n) is 5.99. The lowest BCUT2D eigenvalue weighted by atomic mass is 10.0. The number of amides is 2. The molecule has 2 N–H and O–H groups in total. The predicted molar refractivity (Wildman–Crippen MR) is 90.5 cm³/mol. The molecule has 142 valence electrons. The number of benzene rings is 1. The fourth-order valence-corrected chi connectivity index (χ4v) is 2.51. The minimum Gasteiger partial charge on any atom is -0.467 e. The van der Waals surface area contributed by atoms with Crippen LogP contribution in [-0.2, 0) is 21.0 Å². The van der Waals surface area contributed by atoms with Crippen molar-refractivity contribution in [3.05, 3.63) is 59.6 Å². The first-order chi connectivity index (χ1) is 12.9. The molecule has 0 fully saturated rings. The highest BCUT2D eigenvalue weighted by Crippen LogP contribution is 2.20. The molecule has 1 aliphatic rings. The van der Waals surface area contributed by atoms with Gasteiger partial charge in [0, 0.05) is 12.0 Å². The van der Waals surface area contributed by atoms with Gasteiger partial charge in [-0.3, -0.25) is 9.59 Å². The molecule has 0 saturated carbocycles. The molecule has 1 aliphatic heterocycles. The van der Waals surface area contributed by atoms with Crippen molar-refractivity contribution in [3.8, 4) is 0 Å². The van der Waals surface area contributed by atoms with E-state index in [4.69, 9.17) is 9.25 Å². The van der Waals surface area contributed by atoms with Crippen molar-refractivity contribution in [2.75, 3.05) is 0 Å². The summed E-state index contributed by atoms with van der Waals surface area (Å²) in [4.78, 5) is 29.3. The van der Waals surface area contributed by atoms with Gasteiger partial charge in [0.05, 0.1) is 18.5 Å². The van der Waals surface area contributed by atoms with E-state index in [1.165, 1.54) is 13.2 Å². The number of hydrogen-bond acceptors (Lipinski definition) is 5. The van der Waals surface area contributed by atoms with Gasteiger partial charge in [0.2, 0.25) is 12.0 Å². The maximum atomic E-state index is 13.8. The van der Waals surface area contributed by atoms with E-state index in [1.54, 1.807) is 12.1 Å². The summed E-state index contributed by atoms with van der Waals surface area (Å²) in [5.74, 6) is -1.69. The van der Waals surface area contributed by atoms with Crippen LogP contribution in [0.5, 0.6) is 0 Å². The van der Waals surface area contributed by atoms with Crippen LogP contribution in [0.15, 0.2) is 46.2 Å². The third-order valence-corrected chi connectivity index (χ3v) is 3.97. The lowest BCUT2D eigenvalue weighted by Crippen LogP contribution is -2.47. The lowest BCUT2D eigenvalue weighted by Gasteiger charge is -2.15. The van der Waals surface area contributed by atoms with Crippen LogP contribution in [0.25, 0.3) is 0 Å². The molecule has 2 aromatic rings. The molecule has 0 saturated heterocycles. The van der Waals surface area contributed by atoms with Gasteiger partial charge in [-0.25, -0.2) is 8.78 Å². The molecule has 0 spiro atoms. The molecule has 7 nitrogen and oxygen atoms in total. The predicted octanol–water partition coefficient (Wildman–Crippen LogP) is 1.87. The monoisotopic (exact) mass is 377 g/mol. The largest absolute Gasteiger partial charge is 0.467 e. The van der Waals surface area contributed by atoms with Gasteiger partial charge in [0.25, 0.3) is 5.91 Å². The molecule has 0 bridgehead atoms. The van der Waals surface area contributed by atoms with Gasteiger partial charge < -0.3 is 19.9 Å². The number of furan rings is 1. The standard InChI is InChI=1S/C18H17F2N3O4/c1-10(17(24)21-9-12-3-2-6-26-12)22-18(25)16-8-15(23-27-16)13-7-11(19)4-5-14(13)20/h2-7,10,16H,8-9H2,1H3,(H,21,24)(H,22,25)/t10-,16+/m1/s1. The molecule has 2 amide bonds. The maximum absolute atomic E-state index is 13.8. The summed E-state index contributed by atoms with van der Waals surface area (Å²) in [6.45, 7) is 1.70. The maximum Gasteiger partial charge on any atom is 0.264 e. The third-order valence-electron chi connectivity index (χ3n) is 3.97. The van der Waals surface area contributed by atoms with Gasteiger partial charge >= 0.3 is 0 Å². The van der Waals surface area contributed by atoms with E-state index in [1.807, 2.05) is 0 Å². The van der Waals surface area contributed by atoms with E-state index < -0.39 is 35.6 Å². The van der Waals surface area contributed by atoms with Gasteiger partial charge in [-0.15, -0.1) is 0 Å². The minimum atomic E-state index is -1.03. The van der Waals surface area contributed by atoms with E-state index in [-0.39, 0.29) is 24.2 Å². The lowest BCUT2D eigenvalue weighted by molar-refractivity contribution is -0.135. The molecule has 1 aromatic carbocycles. The van der Waals surface area contributed by atoms with Crippen LogP contribution in [0.4, 0.5) is 8.78 Å². The first-order valence-corrected chi connectivity index (χ1v) is 8.22. The normalized spacial score (nSPS) is 17.0. The molecule has 0 aliphatic carbocycles. The Kier molecular flexibility index (Phi) is 5.49. The summed E-state index contributed by atoms with van der Waals surface area (Å²) in [6.07, 6.45) is 0.429. The van der Waals surface area contributed by atoms with Gasteiger partial charge in [0.15, 0.2) is 0 Å². The van der Waals surface area contributed by atoms with E-state index in [0.29, 0.717) is 5.76 Å². The molecular weight excluding hydrogens is 360 g/mol. The summed E-state index contributed by atoms with van der Waals surface area (Å²) in [6, 6.07) is 5.53. The Bertz CT molecular complexity index is 867. The molecule has 0 unspecified atom stereocenters. The van der Waals surface area contributed by atoms with E-state index >= 15 is 0 Å². The van der Waals surface area contributed by atoms with Crippen molar-refractivity contribution in [2.24, 2.45) is 5.16 Å². The van der Waals surface area contributed by atoms with Crippen LogP contribution >= 0.6 is 0 Å². The summed E-state index contributed by atoms with van der Waals surface area (Å²) in [5.41, 5.74) is 0.0663. The highest BCUT2D eigenvalue weighted by Gasteiger charge is 2.31. The summed E-state index contributed by atoms with van der Waals surface area (Å²) >= 11 is 0. The summed E-state index contributed by atoms with van der Waals surface area (Å²) < 4.78 is 32.2. The Hall–Kier alpha value is -3.23. The fraction of sp³-hybridized carbons (Fsp3) is 0.278. The molecule has 1 aromatic heterocycles. The Morgan fingerprint density at radius 1 is 1.33 bits per heavy atom. The summed E-state index contributed by atoms with van der Waals surface area (Å²) in [7, 11) is 0. The van der Waals surface area contributed by atoms with Crippen molar-refractivity contribution in [3.63, 3.8) is 0 Å². The van der Waals surface area contributed by atoms with E-state index in [0.717, 1.165) is 18.2 Å². The van der Waals surface area contributed by atoms with E-state index in [2.05, 4.69) is 15.8 Å². The molecule has 9 heteroatoms. The van der Waals surface area contributed by atoms with Gasteiger partial charge in [-0.2, -0.15) is 0 Å². The number of halogens is 2. The number of hydrogen-bond donors (Lipinski definition) is 2. The molecule has 2 heterocycles. The van der Waals surface area contributed by atoms with Crippen molar-refractivity contribution >= 4 is 17.5 Å².